The van der Waals surface area contributed by atoms with Crippen molar-refractivity contribution in [2.75, 3.05) is 18.0 Å². The Hall–Kier alpha value is -1.05. The maximum Gasteiger partial charge on any atom is 0.153 e. The first-order chi connectivity index (χ1) is 14.6. The Bertz CT molecular complexity index is 971. The second kappa shape index (κ2) is 8.71. The molecule has 4 rings (SSSR count). The number of nitrogens with two attached hydrogens (primary N) is 1. The summed E-state index contributed by atoms with van der Waals surface area (Å²) in [5, 5.41) is 12.6. The molecule has 8 heteroatoms. The van der Waals surface area contributed by atoms with Crippen LogP contribution in [0.1, 0.15) is 57.3 Å². The number of anilines is 1. The fourth-order valence-corrected chi connectivity index (χ4v) is 6.19. The smallest absolute Gasteiger partial charge is 0.153 e. The highest BCUT2D eigenvalue weighted by Gasteiger charge is 2.43. The van der Waals surface area contributed by atoms with Crippen LogP contribution in [0.3, 0.4) is 0 Å². The molecule has 1 atom stereocenters. The first kappa shape index (κ1) is 23.1. The Morgan fingerprint density at radius 3 is 2.52 bits per heavy atom. The summed E-state index contributed by atoms with van der Waals surface area (Å²) in [6.45, 7) is 7.24. The van der Waals surface area contributed by atoms with Gasteiger partial charge in [-0.3, -0.25) is 0 Å². The van der Waals surface area contributed by atoms with Crippen molar-refractivity contribution in [3.05, 3.63) is 39.6 Å². The summed E-state index contributed by atoms with van der Waals surface area (Å²) in [5.74, 6) is 0.771. The molecule has 1 aromatic heterocycles. The maximum absolute atomic E-state index is 10.9. The van der Waals surface area contributed by atoms with E-state index in [1.807, 2.05) is 19.1 Å². The number of aromatic nitrogens is 2. The van der Waals surface area contributed by atoms with Gasteiger partial charge in [0.1, 0.15) is 16.3 Å². The molecule has 1 saturated carbocycles. The predicted molar refractivity (Wildman–Crippen MR) is 128 cm³/mol. The van der Waals surface area contributed by atoms with E-state index in [0.29, 0.717) is 21.8 Å². The topological polar surface area (TPSA) is 75.3 Å². The van der Waals surface area contributed by atoms with Crippen molar-refractivity contribution in [3.8, 4) is 0 Å². The monoisotopic (exact) mass is 480 g/mol. The lowest BCUT2D eigenvalue weighted by Gasteiger charge is -2.43. The van der Waals surface area contributed by atoms with E-state index >= 15 is 0 Å². The van der Waals surface area contributed by atoms with Crippen LogP contribution in [0.25, 0.3) is 0 Å². The van der Waals surface area contributed by atoms with Gasteiger partial charge in [-0.25, -0.2) is 9.97 Å². The molecule has 1 saturated heterocycles. The number of rotatable bonds is 4. The molecule has 2 aromatic rings. The quantitative estimate of drug-likeness (QED) is 0.595. The molecule has 1 aliphatic heterocycles. The van der Waals surface area contributed by atoms with Gasteiger partial charge in [-0.15, -0.1) is 0 Å². The summed E-state index contributed by atoms with van der Waals surface area (Å²) in [7, 11) is 0. The van der Waals surface area contributed by atoms with E-state index in [1.54, 1.807) is 19.9 Å². The number of aliphatic hydroxyl groups is 1. The largest absolute Gasteiger partial charge is 0.384 e. The van der Waals surface area contributed by atoms with E-state index in [2.05, 4.69) is 4.90 Å². The molecule has 2 aliphatic rings. The number of piperidine rings is 1. The number of benzene rings is 1. The van der Waals surface area contributed by atoms with Crippen LogP contribution in [0.5, 0.6) is 0 Å². The summed E-state index contributed by atoms with van der Waals surface area (Å²) in [6, 6.07) is 5.84. The summed E-state index contributed by atoms with van der Waals surface area (Å²) in [5.41, 5.74) is 7.00. The minimum absolute atomic E-state index is 0.271. The highest BCUT2D eigenvalue weighted by molar-refractivity contribution is 7.99. The van der Waals surface area contributed by atoms with Crippen molar-refractivity contribution in [2.45, 2.75) is 74.4 Å². The molecule has 0 radical (unpaired) electrons. The van der Waals surface area contributed by atoms with Gasteiger partial charge in [0, 0.05) is 24.0 Å². The molecule has 2 heterocycles. The molecule has 1 spiro atoms. The number of hydrogen-bond acceptors (Lipinski definition) is 6. The van der Waals surface area contributed by atoms with Gasteiger partial charge >= 0.3 is 0 Å². The lowest BCUT2D eigenvalue weighted by atomic mass is 9.74. The number of aryl methyl sites for hydroxylation is 1. The molecule has 1 aliphatic carbocycles. The summed E-state index contributed by atoms with van der Waals surface area (Å²) in [6.07, 6.45) is 5.71. The zero-order chi connectivity index (χ0) is 22.4. The van der Waals surface area contributed by atoms with Gasteiger partial charge in [0.15, 0.2) is 5.82 Å². The third-order valence-corrected chi connectivity index (χ3v) is 8.82. The van der Waals surface area contributed by atoms with Crippen molar-refractivity contribution in [2.24, 2.45) is 11.1 Å². The molecule has 5 nitrogen and oxygen atoms in total. The minimum atomic E-state index is -1.12. The molecular formula is C23H30Cl2N4OS. The average molecular weight is 481 g/mol. The van der Waals surface area contributed by atoms with Crippen LogP contribution < -0.4 is 10.6 Å². The zero-order valence-corrected chi connectivity index (χ0v) is 20.6. The minimum Gasteiger partial charge on any atom is -0.384 e. The number of hydrogen-bond donors (Lipinski definition) is 2. The molecule has 168 valence electrons. The SMILES string of the molecule is Cc1nc(N2CCC3(CCC[C@H]3N)CC2)c(C(C)(C)O)nc1Sc1cccc(Cl)c1Cl. The molecule has 0 bridgehead atoms. The fourth-order valence-electron chi connectivity index (χ4n) is 4.84. The van der Waals surface area contributed by atoms with E-state index in [9.17, 15) is 5.11 Å². The standard InChI is InChI=1S/C23H30Cl2N4OS/c1-14-21(31-16-7-4-6-15(24)18(16)25)28-19(22(2,3)30)20(27-14)29-12-10-23(11-13-29)9-5-8-17(23)26/h4,6-7,17,30H,5,8-13,26H2,1-3H3/t17-/m1/s1. The second-order valence-corrected chi connectivity index (χ2v) is 11.2. The van der Waals surface area contributed by atoms with Crippen LogP contribution >= 0.6 is 35.0 Å². The van der Waals surface area contributed by atoms with E-state index in [-0.39, 0.29) is 5.41 Å². The highest BCUT2D eigenvalue weighted by Crippen LogP contribution is 2.47. The Labute approximate surface area is 198 Å². The van der Waals surface area contributed by atoms with Gasteiger partial charge < -0.3 is 15.7 Å². The molecule has 31 heavy (non-hydrogen) atoms. The van der Waals surface area contributed by atoms with Crippen LogP contribution in [0, 0.1) is 12.3 Å². The van der Waals surface area contributed by atoms with E-state index in [1.165, 1.54) is 24.6 Å². The zero-order valence-electron chi connectivity index (χ0n) is 18.3. The molecule has 2 fully saturated rings. The van der Waals surface area contributed by atoms with Crippen LogP contribution in [-0.4, -0.2) is 34.2 Å². The van der Waals surface area contributed by atoms with E-state index < -0.39 is 5.60 Å². The summed E-state index contributed by atoms with van der Waals surface area (Å²) >= 11 is 14.0. The van der Waals surface area contributed by atoms with Crippen LogP contribution in [0.2, 0.25) is 10.0 Å². The van der Waals surface area contributed by atoms with Crippen molar-refractivity contribution >= 4 is 40.8 Å². The molecule has 0 unspecified atom stereocenters. The fraction of sp³-hybridized carbons (Fsp3) is 0.565. The molecule has 3 N–H and O–H groups in total. The Balaban J connectivity index is 1.64. The van der Waals surface area contributed by atoms with Crippen LogP contribution in [0.15, 0.2) is 28.1 Å². The molecule has 0 amide bonds. The van der Waals surface area contributed by atoms with E-state index in [0.717, 1.165) is 53.8 Å². The number of halogens is 2. The van der Waals surface area contributed by atoms with Gasteiger partial charge in [0.05, 0.1) is 15.7 Å². The average Bonchev–Trinajstić information content (AvgIpc) is 3.06. The molecular weight excluding hydrogens is 451 g/mol. The van der Waals surface area contributed by atoms with Crippen molar-refractivity contribution in [1.82, 2.24) is 9.97 Å². The summed E-state index contributed by atoms with van der Waals surface area (Å²) in [4.78, 5) is 12.9. The number of nitrogens with zero attached hydrogens (tertiary/aromatic N) is 3. The Morgan fingerprint density at radius 1 is 1.19 bits per heavy atom. The second-order valence-electron chi connectivity index (χ2n) is 9.35. The van der Waals surface area contributed by atoms with Gasteiger partial charge in [0.25, 0.3) is 0 Å². The van der Waals surface area contributed by atoms with Crippen molar-refractivity contribution in [3.63, 3.8) is 0 Å². The third-order valence-electron chi connectivity index (χ3n) is 6.75. The van der Waals surface area contributed by atoms with Gasteiger partial charge in [-0.2, -0.15) is 0 Å². The van der Waals surface area contributed by atoms with Crippen LogP contribution in [0.4, 0.5) is 5.82 Å². The lowest BCUT2D eigenvalue weighted by Crippen LogP contribution is -2.47. The third kappa shape index (κ3) is 4.55. The highest BCUT2D eigenvalue weighted by atomic mass is 35.5. The van der Waals surface area contributed by atoms with Crippen LogP contribution in [-0.2, 0) is 5.60 Å². The van der Waals surface area contributed by atoms with Gasteiger partial charge in [-0.1, -0.05) is 47.5 Å². The van der Waals surface area contributed by atoms with E-state index in [4.69, 9.17) is 38.9 Å². The van der Waals surface area contributed by atoms with Gasteiger partial charge in [0.2, 0.25) is 0 Å². The normalized spacial score (nSPS) is 21.1. The maximum atomic E-state index is 10.9. The van der Waals surface area contributed by atoms with Crippen molar-refractivity contribution in [1.29, 1.82) is 0 Å². The lowest BCUT2D eigenvalue weighted by molar-refractivity contribution is 0.0729. The first-order valence-corrected chi connectivity index (χ1v) is 12.4. The van der Waals surface area contributed by atoms with Crippen molar-refractivity contribution < 1.29 is 5.11 Å². The summed E-state index contributed by atoms with van der Waals surface area (Å²) < 4.78 is 0. The Kier molecular flexibility index (Phi) is 6.50. The van der Waals surface area contributed by atoms with Gasteiger partial charge in [-0.05, 0) is 64.0 Å². The predicted octanol–water partition coefficient (Wildman–Crippen LogP) is 5.57. The molecule has 1 aromatic carbocycles. The first-order valence-electron chi connectivity index (χ1n) is 10.8. The Morgan fingerprint density at radius 2 is 1.90 bits per heavy atom.